The topological polar surface area (TPSA) is 110 Å². The summed E-state index contributed by atoms with van der Waals surface area (Å²) in [6, 6.07) is 26.6. The van der Waals surface area contributed by atoms with Gasteiger partial charge in [-0.1, -0.05) is 187 Å². The number of carbonyl (C=O) groups excluding carboxylic acids is 3. The Balaban J connectivity index is 1.30. The average Bonchev–Trinajstić information content (AvgIpc) is 3.61. The van der Waals surface area contributed by atoms with Gasteiger partial charge < -0.3 is 14.3 Å². The van der Waals surface area contributed by atoms with E-state index in [9.17, 15) is 14.4 Å². The van der Waals surface area contributed by atoms with Crippen LogP contribution in [0.3, 0.4) is 0 Å². The molecule has 3 aromatic carbocycles. The maximum absolute atomic E-state index is 14.3. The Kier molecular flexibility index (Phi) is 19.3. The van der Waals surface area contributed by atoms with Crippen molar-refractivity contribution in [3.05, 3.63) is 96.1 Å². The molecule has 0 fully saturated rings. The lowest BCUT2D eigenvalue weighted by Gasteiger charge is -2.29. The highest BCUT2D eigenvalue weighted by atomic mass is 16.7. The fourth-order valence-electron chi connectivity index (χ4n) is 6.86. The standard InChI is InChI=1S/C45H61N3O6/c1-2-3-4-5-6-8-11-14-25-34-45(43(50)53-37-39-29-20-17-21-30-39,44(51)54-48-41-32-24-23-31-40(41)46-47-48)35-26-15-12-9-7-10-13-22-33-42(49)52-36-38-27-18-16-19-28-38/h16-21,23-24,27-32H,2-15,22,25-26,33-37H2,1H3/t45-/m1/s1. The van der Waals surface area contributed by atoms with E-state index in [0.29, 0.717) is 43.3 Å². The van der Waals surface area contributed by atoms with Crippen molar-refractivity contribution in [3.8, 4) is 0 Å². The second kappa shape index (κ2) is 24.7. The van der Waals surface area contributed by atoms with Crippen molar-refractivity contribution in [1.29, 1.82) is 0 Å². The van der Waals surface area contributed by atoms with Gasteiger partial charge in [-0.15, -0.1) is 5.10 Å². The zero-order valence-corrected chi connectivity index (χ0v) is 32.4. The molecule has 0 amide bonds. The van der Waals surface area contributed by atoms with Crippen molar-refractivity contribution < 1.29 is 28.7 Å². The maximum atomic E-state index is 14.3. The minimum absolute atomic E-state index is 0.0868. The Bertz CT molecular complexity index is 1640. The summed E-state index contributed by atoms with van der Waals surface area (Å²) < 4.78 is 11.3. The van der Waals surface area contributed by atoms with Gasteiger partial charge in [0.25, 0.3) is 0 Å². The largest absolute Gasteiger partial charge is 0.461 e. The van der Waals surface area contributed by atoms with E-state index in [-0.39, 0.29) is 12.6 Å². The molecule has 0 aliphatic rings. The minimum Gasteiger partial charge on any atom is -0.461 e. The van der Waals surface area contributed by atoms with Crippen LogP contribution in [0.5, 0.6) is 0 Å². The average molecular weight is 740 g/mol. The Morgan fingerprint density at radius 1 is 0.556 bits per heavy atom. The molecule has 9 nitrogen and oxygen atoms in total. The van der Waals surface area contributed by atoms with Crippen LogP contribution in [-0.4, -0.2) is 33.1 Å². The minimum atomic E-state index is -1.46. The molecule has 9 heteroatoms. The van der Waals surface area contributed by atoms with E-state index in [1.54, 1.807) is 12.1 Å². The number of nitrogens with zero attached hydrogens (tertiary/aromatic N) is 3. The molecule has 0 saturated heterocycles. The monoisotopic (exact) mass is 739 g/mol. The molecule has 1 atom stereocenters. The highest BCUT2D eigenvalue weighted by Gasteiger charge is 2.49. The van der Waals surface area contributed by atoms with Crippen LogP contribution in [0.15, 0.2) is 84.9 Å². The molecule has 0 aliphatic carbocycles. The van der Waals surface area contributed by atoms with E-state index in [1.807, 2.05) is 72.8 Å². The van der Waals surface area contributed by atoms with Crippen LogP contribution in [0.1, 0.15) is 146 Å². The lowest BCUT2D eigenvalue weighted by molar-refractivity contribution is -0.176. The van der Waals surface area contributed by atoms with E-state index >= 15 is 0 Å². The fourth-order valence-corrected chi connectivity index (χ4v) is 6.86. The first-order valence-electron chi connectivity index (χ1n) is 20.5. The number of para-hydroxylation sites is 1. The van der Waals surface area contributed by atoms with Crippen LogP contribution < -0.4 is 4.84 Å². The van der Waals surface area contributed by atoms with Crippen molar-refractivity contribution in [2.75, 3.05) is 0 Å². The van der Waals surface area contributed by atoms with Crippen LogP contribution in [-0.2, 0) is 37.1 Å². The van der Waals surface area contributed by atoms with Crippen LogP contribution in [0, 0.1) is 5.41 Å². The first-order chi connectivity index (χ1) is 26.5. The van der Waals surface area contributed by atoms with Gasteiger partial charge in [0.2, 0.25) is 0 Å². The number of benzene rings is 3. The summed E-state index contributed by atoms with van der Waals surface area (Å²) in [5.74, 6) is -1.33. The van der Waals surface area contributed by atoms with Gasteiger partial charge in [0, 0.05) is 6.42 Å². The summed E-state index contributed by atoms with van der Waals surface area (Å²) in [6.07, 6.45) is 18.9. The van der Waals surface area contributed by atoms with Gasteiger partial charge in [-0.05, 0) is 47.7 Å². The fraction of sp³-hybridized carbons (Fsp3) is 0.533. The molecule has 292 valence electrons. The van der Waals surface area contributed by atoms with Crippen molar-refractivity contribution in [3.63, 3.8) is 0 Å². The summed E-state index contributed by atoms with van der Waals surface area (Å²) in [5.41, 5.74) is 1.56. The van der Waals surface area contributed by atoms with Gasteiger partial charge in [-0.25, -0.2) is 4.79 Å². The quantitative estimate of drug-likeness (QED) is 0.0245. The number of esters is 2. The summed E-state index contributed by atoms with van der Waals surface area (Å²) >= 11 is 0. The smallest absolute Gasteiger partial charge is 0.352 e. The van der Waals surface area contributed by atoms with Crippen LogP contribution >= 0.6 is 0 Å². The lowest BCUT2D eigenvalue weighted by Crippen LogP contribution is -2.45. The molecule has 54 heavy (non-hydrogen) atoms. The summed E-state index contributed by atoms with van der Waals surface area (Å²) in [6.45, 7) is 2.64. The Labute approximate surface area is 322 Å². The van der Waals surface area contributed by atoms with Gasteiger partial charge in [-0.3, -0.25) is 9.59 Å². The van der Waals surface area contributed by atoms with Crippen molar-refractivity contribution >= 4 is 28.9 Å². The second-order valence-electron chi connectivity index (χ2n) is 14.5. The van der Waals surface area contributed by atoms with Gasteiger partial charge in [-0.2, -0.15) is 0 Å². The molecule has 0 saturated carbocycles. The number of carbonyl (C=O) groups is 3. The molecule has 4 rings (SSSR count). The SMILES string of the molecule is CCCCCCCCCCC[C@@](CCCCCCCCCCC(=O)OCc1ccccc1)(C(=O)OCc1ccccc1)C(=O)On1nnc2ccccc21. The lowest BCUT2D eigenvalue weighted by atomic mass is 9.77. The summed E-state index contributed by atoms with van der Waals surface area (Å²) in [7, 11) is 0. The van der Waals surface area contributed by atoms with E-state index in [0.717, 1.165) is 86.6 Å². The van der Waals surface area contributed by atoms with Crippen molar-refractivity contribution in [2.24, 2.45) is 5.41 Å². The third-order valence-electron chi connectivity index (χ3n) is 10.2. The van der Waals surface area contributed by atoms with Crippen molar-refractivity contribution in [1.82, 2.24) is 15.2 Å². The predicted octanol–water partition coefficient (Wildman–Crippen LogP) is 10.7. The molecule has 0 bridgehead atoms. The zero-order valence-electron chi connectivity index (χ0n) is 32.4. The molecule has 0 N–H and O–H groups in total. The van der Waals surface area contributed by atoms with E-state index in [1.165, 1.54) is 32.1 Å². The first kappa shape index (κ1) is 42.2. The molecule has 0 aliphatic heterocycles. The molecule has 1 heterocycles. The number of unbranched alkanes of at least 4 members (excludes halogenated alkanes) is 15. The zero-order chi connectivity index (χ0) is 38.1. The Morgan fingerprint density at radius 3 is 1.61 bits per heavy atom. The van der Waals surface area contributed by atoms with Crippen LogP contribution in [0.2, 0.25) is 0 Å². The highest BCUT2D eigenvalue weighted by Crippen LogP contribution is 2.35. The third kappa shape index (κ3) is 14.7. The Morgan fingerprint density at radius 2 is 1.04 bits per heavy atom. The number of rotatable bonds is 28. The highest BCUT2D eigenvalue weighted by molar-refractivity contribution is 6.00. The molecule has 0 unspecified atom stereocenters. The molecule has 0 spiro atoms. The van der Waals surface area contributed by atoms with Gasteiger partial charge >= 0.3 is 17.9 Å². The molecule has 1 aromatic heterocycles. The number of ether oxygens (including phenoxy) is 2. The van der Waals surface area contributed by atoms with Crippen LogP contribution in [0.25, 0.3) is 11.0 Å². The normalized spacial score (nSPS) is 12.3. The third-order valence-corrected chi connectivity index (χ3v) is 10.2. The van der Waals surface area contributed by atoms with Gasteiger partial charge in [0.05, 0.1) is 0 Å². The maximum Gasteiger partial charge on any atom is 0.352 e. The van der Waals surface area contributed by atoms with Gasteiger partial charge in [0.15, 0.2) is 5.41 Å². The van der Waals surface area contributed by atoms with E-state index < -0.39 is 17.4 Å². The van der Waals surface area contributed by atoms with E-state index in [4.69, 9.17) is 14.3 Å². The van der Waals surface area contributed by atoms with E-state index in [2.05, 4.69) is 17.2 Å². The van der Waals surface area contributed by atoms with Crippen LogP contribution in [0.4, 0.5) is 0 Å². The summed E-state index contributed by atoms with van der Waals surface area (Å²) in [5, 5.41) is 8.23. The van der Waals surface area contributed by atoms with Crippen molar-refractivity contribution in [2.45, 2.75) is 149 Å². The molecule has 4 aromatic rings. The predicted molar refractivity (Wildman–Crippen MR) is 212 cm³/mol. The molecular formula is C45H61N3O6. The number of aromatic nitrogens is 3. The Hall–Kier alpha value is -4.53. The van der Waals surface area contributed by atoms with Gasteiger partial charge in [0.1, 0.15) is 24.2 Å². The number of hydrogen-bond donors (Lipinski definition) is 0. The molecular weight excluding hydrogens is 679 g/mol. The number of hydrogen-bond acceptors (Lipinski definition) is 8. The summed E-state index contributed by atoms with van der Waals surface area (Å²) in [4.78, 5) is 47.6. The molecule has 0 radical (unpaired) electrons. The number of fused-ring (bicyclic) bond motifs is 1. The first-order valence-corrected chi connectivity index (χ1v) is 20.5. The second-order valence-corrected chi connectivity index (χ2v) is 14.5.